The lowest BCUT2D eigenvalue weighted by Crippen LogP contribution is -2.32. The Kier molecular flexibility index (Phi) is 3.43. The second kappa shape index (κ2) is 4.84. The van der Waals surface area contributed by atoms with Crippen molar-refractivity contribution in [1.82, 2.24) is 0 Å². The number of nitrogens with one attached hydrogen (secondary N) is 1. The highest BCUT2D eigenvalue weighted by molar-refractivity contribution is 5.55. The fraction of sp³-hybridized carbons (Fsp3) is 0.538. The van der Waals surface area contributed by atoms with E-state index >= 15 is 0 Å². The summed E-state index contributed by atoms with van der Waals surface area (Å²) >= 11 is 0. The van der Waals surface area contributed by atoms with Crippen molar-refractivity contribution in [3.05, 3.63) is 18.2 Å². The minimum atomic E-state index is -0.0867. The second-order valence-electron chi connectivity index (χ2n) is 5.09. The van der Waals surface area contributed by atoms with Gasteiger partial charge >= 0.3 is 0 Å². The van der Waals surface area contributed by atoms with Gasteiger partial charge in [0.05, 0.1) is 0 Å². The maximum atomic E-state index is 5.92. The van der Waals surface area contributed by atoms with E-state index in [1.165, 1.54) is 0 Å². The van der Waals surface area contributed by atoms with E-state index in [0.717, 1.165) is 36.6 Å². The van der Waals surface area contributed by atoms with E-state index in [0.29, 0.717) is 6.79 Å². The van der Waals surface area contributed by atoms with E-state index < -0.39 is 0 Å². The van der Waals surface area contributed by atoms with Crippen LogP contribution in [0.25, 0.3) is 0 Å². The average Bonchev–Trinajstić information content (AvgIpc) is 2.70. The standard InChI is InChI=1S/C13H20N2O2/c1-13(2,14)6-3-7-15-10-4-5-11-12(8-10)17-9-16-11/h4-5,8,15H,3,6-7,9,14H2,1-2H3. The summed E-state index contributed by atoms with van der Waals surface area (Å²) in [5.74, 6) is 1.63. The molecule has 17 heavy (non-hydrogen) atoms. The van der Waals surface area contributed by atoms with E-state index in [2.05, 4.69) is 5.32 Å². The molecule has 3 N–H and O–H groups in total. The number of nitrogens with two attached hydrogens (primary N) is 1. The van der Waals surface area contributed by atoms with Gasteiger partial charge < -0.3 is 20.5 Å². The van der Waals surface area contributed by atoms with E-state index in [1.54, 1.807) is 0 Å². The highest BCUT2D eigenvalue weighted by Crippen LogP contribution is 2.34. The lowest BCUT2D eigenvalue weighted by Gasteiger charge is -2.18. The zero-order chi connectivity index (χ0) is 12.3. The molecule has 1 aromatic carbocycles. The highest BCUT2D eigenvalue weighted by atomic mass is 16.7. The first-order chi connectivity index (χ1) is 8.04. The number of benzene rings is 1. The predicted octanol–water partition coefficient (Wildman–Crippen LogP) is 2.34. The summed E-state index contributed by atoms with van der Waals surface area (Å²) in [6.45, 7) is 5.33. The monoisotopic (exact) mass is 236 g/mol. The van der Waals surface area contributed by atoms with Gasteiger partial charge in [0.1, 0.15) is 0 Å². The molecule has 2 rings (SSSR count). The van der Waals surface area contributed by atoms with Gasteiger partial charge in [0.2, 0.25) is 6.79 Å². The number of ether oxygens (including phenoxy) is 2. The molecule has 0 bridgehead atoms. The highest BCUT2D eigenvalue weighted by Gasteiger charge is 2.13. The zero-order valence-corrected chi connectivity index (χ0v) is 10.5. The van der Waals surface area contributed by atoms with Crippen LogP contribution in [0.15, 0.2) is 18.2 Å². The van der Waals surface area contributed by atoms with Crippen LogP contribution in [0.2, 0.25) is 0 Å². The zero-order valence-electron chi connectivity index (χ0n) is 10.5. The Hall–Kier alpha value is -1.42. The van der Waals surface area contributed by atoms with Crippen LogP contribution in [0.1, 0.15) is 26.7 Å². The van der Waals surface area contributed by atoms with Gasteiger partial charge in [-0.25, -0.2) is 0 Å². The average molecular weight is 236 g/mol. The summed E-state index contributed by atoms with van der Waals surface area (Å²) in [4.78, 5) is 0. The maximum Gasteiger partial charge on any atom is 0.231 e. The third-order valence-electron chi connectivity index (χ3n) is 2.70. The van der Waals surface area contributed by atoms with Gasteiger partial charge in [-0.15, -0.1) is 0 Å². The molecule has 0 saturated carbocycles. The molecular weight excluding hydrogens is 216 g/mol. The minimum Gasteiger partial charge on any atom is -0.454 e. The Morgan fingerprint density at radius 2 is 2.06 bits per heavy atom. The quantitative estimate of drug-likeness (QED) is 0.770. The first-order valence-electron chi connectivity index (χ1n) is 5.97. The Morgan fingerprint density at radius 3 is 2.82 bits per heavy atom. The fourth-order valence-electron chi connectivity index (χ4n) is 1.78. The van der Waals surface area contributed by atoms with Gasteiger partial charge in [0.25, 0.3) is 0 Å². The lowest BCUT2D eigenvalue weighted by atomic mass is 10.0. The van der Waals surface area contributed by atoms with Crippen LogP contribution in [-0.2, 0) is 0 Å². The SMILES string of the molecule is CC(C)(N)CCCNc1ccc2c(c1)OCO2. The Bertz CT molecular complexity index is 385. The van der Waals surface area contributed by atoms with Crippen LogP contribution in [0.3, 0.4) is 0 Å². The number of hydrogen-bond donors (Lipinski definition) is 2. The molecule has 4 heteroatoms. The van der Waals surface area contributed by atoms with Crippen LogP contribution in [-0.4, -0.2) is 18.9 Å². The largest absolute Gasteiger partial charge is 0.454 e. The number of fused-ring (bicyclic) bond motifs is 1. The van der Waals surface area contributed by atoms with Crippen LogP contribution in [0.5, 0.6) is 11.5 Å². The summed E-state index contributed by atoms with van der Waals surface area (Å²) in [5, 5.41) is 3.36. The van der Waals surface area contributed by atoms with Gasteiger partial charge in [-0.2, -0.15) is 0 Å². The number of hydrogen-bond acceptors (Lipinski definition) is 4. The van der Waals surface area contributed by atoms with E-state index in [9.17, 15) is 0 Å². The van der Waals surface area contributed by atoms with Gasteiger partial charge in [-0.1, -0.05) is 0 Å². The van der Waals surface area contributed by atoms with Crippen molar-refractivity contribution in [3.8, 4) is 11.5 Å². The van der Waals surface area contributed by atoms with Crippen LogP contribution in [0, 0.1) is 0 Å². The third kappa shape index (κ3) is 3.53. The van der Waals surface area contributed by atoms with Crippen molar-refractivity contribution < 1.29 is 9.47 Å². The molecule has 0 aromatic heterocycles. The first-order valence-corrected chi connectivity index (χ1v) is 5.97. The summed E-state index contributed by atoms with van der Waals surface area (Å²) < 4.78 is 10.6. The van der Waals surface area contributed by atoms with Crippen LogP contribution >= 0.6 is 0 Å². The molecule has 94 valence electrons. The molecule has 0 radical (unpaired) electrons. The van der Waals surface area contributed by atoms with Gasteiger partial charge in [-0.3, -0.25) is 0 Å². The Morgan fingerprint density at radius 1 is 1.29 bits per heavy atom. The maximum absolute atomic E-state index is 5.92. The molecule has 0 atom stereocenters. The molecule has 0 amide bonds. The Balaban J connectivity index is 1.80. The molecule has 0 unspecified atom stereocenters. The van der Waals surface area contributed by atoms with Crippen molar-refractivity contribution >= 4 is 5.69 Å². The number of anilines is 1. The fourth-order valence-corrected chi connectivity index (χ4v) is 1.78. The van der Waals surface area contributed by atoms with Crippen molar-refractivity contribution in [2.24, 2.45) is 5.73 Å². The molecule has 0 saturated heterocycles. The lowest BCUT2D eigenvalue weighted by molar-refractivity contribution is 0.174. The van der Waals surface area contributed by atoms with Crippen molar-refractivity contribution in [2.75, 3.05) is 18.7 Å². The summed E-state index contributed by atoms with van der Waals surface area (Å²) in [5.41, 5.74) is 6.90. The van der Waals surface area contributed by atoms with Crippen LogP contribution < -0.4 is 20.5 Å². The normalized spacial score (nSPS) is 13.8. The molecule has 0 spiro atoms. The molecule has 4 nitrogen and oxygen atoms in total. The summed E-state index contributed by atoms with van der Waals surface area (Å²) in [7, 11) is 0. The van der Waals surface area contributed by atoms with Gasteiger partial charge in [0, 0.05) is 23.8 Å². The molecule has 1 aliphatic heterocycles. The molecule has 0 aliphatic carbocycles. The van der Waals surface area contributed by atoms with Gasteiger partial charge in [-0.05, 0) is 38.8 Å². The third-order valence-corrected chi connectivity index (χ3v) is 2.70. The first kappa shape index (κ1) is 12.0. The number of rotatable bonds is 5. The van der Waals surface area contributed by atoms with E-state index in [1.807, 2.05) is 32.0 Å². The van der Waals surface area contributed by atoms with Crippen molar-refractivity contribution in [3.63, 3.8) is 0 Å². The van der Waals surface area contributed by atoms with Crippen molar-refractivity contribution in [2.45, 2.75) is 32.2 Å². The predicted molar refractivity (Wildman–Crippen MR) is 68.6 cm³/mol. The summed E-state index contributed by atoms with van der Waals surface area (Å²) in [6, 6.07) is 5.90. The van der Waals surface area contributed by atoms with Crippen LogP contribution in [0.4, 0.5) is 5.69 Å². The van der Waals surface area contributed by atoms with E-state index in [-0.39, 0.29) is 5.54 Å². The second-order valence-corrected chi connectivity index (χ2v) is 5.09. The topological polar surface area (TPSA) is 56.5 Å². The summed E-state index contributed by atoms with van der Waals surface area (Å²) in [6.07, 6.45) is 2.06. The van der Waals surface area contributed by atoms with E-state index in [4.69, 9.17) is 15.2 Å². The molecule has 1 aromatic rings. The minimum absolute atomic E-state index is 0.0867. The molecular formula is C13H20N2O2. The Labute approximate surface area is 102 Å². The van der Waals surface area contributed by atoms with Crippen molar-refractivity contribution in [1.29, 1.82) is 0 Å². The molecule has 1 heterocycles. The molecule has 1 aliphatic rings. The van der Waals surface area contributed by atoms with Gasteiger partial charge in [0.15, 0.2) is 11.5 Å². The smallest absolute Gasteiger partial charge is 0.231 e. The molecule has 0 fully saturated rings.